The van der Waals surface area contributed by atoms with Crippen molar-refractivity contribution in [2.45, 2.75) is 81.8 Å². The van der Waals surface area contributed by atoms with Crippen molar-refractivity contribution in [3.8, 4) is 0 Å². The first-order valence-electron chi connectivity index (χ1n) is 9.29. The average Bonchev–Trinajstić information content (AvgIpc) is 3.18. The molecule has 3 heterocycles. The summed E-state index contributed by atoms with van der Waals surface area (Å²) in [5.41, 5.74) is 0.953. The SMILES string of the molecule is Cc1ccc(S(=O)(=O)O[C@@H]2[C@H]3OC(C)(C)O[C@H]3O[C@H]2C2COC(C)(C)O2)cc1. The molecular formula is C19H26O8S. The third-order valence-corrected chi connectivity index (χ3v) is 6.30. The van der Waals surface area contributed by atoms with Gasteiger partial charge in [0.25, 0.3) is 10.1 Å². The van der Waals surface area contributed by atoms with Gasteiger partial charge in [0, 0.05) is 0 Å². The molecule has 1 aromatic rings. The van der Waals surface area contributed by atoms with Crippen LogP contribution in [0.1, 0.15) is 33.3 Å². The molecule has 0 radical (unpaired) electrons. The molecule has 0 aromatic heterocycles. The Morgan fingerprint density at radius 3 is 2.25 bits per heavy atom. The van der Waals surface area contributed by atoms with E-state index in [4.69, 9.17) is 27.9 Å². The van der Waals surface area contributed by atoms with Gasteiger partial charge in [0.1, 0.15) is 24.4 Å². The van der Waals surface area contributed by atoms with E-state index in [1.54, 1.807) is 39.8 Å². The summed E-state index contributed by atoms with van der Waals surface area (Å²) in [6.07, 6.45) is -3.60. The fraction of sp³-hybridized carbons (Fsp3) is 0.684. The summed E-state index contributed by atoms with van der Waals surface area (Å²) in [6, 6.07) is 6.47. The van der Waals surface area contributed by atoms with Gasteiger partial charge in [-0.1, -0.05) is 17.7 Å². The van der Waals surface area contributed by atoms with E-state index in [1.807, 2.05) is 6.92 Å². The summed E-state index contributed by atoms with van der Waals surface area (Å²) < 4.78 is 60.5. The lowest BCUT2D eigenvalue weighted by atomic mass is 10.1. The summed E-state index contributed by atoms with van der Waals surface area (Å²) >= 11 is 0. The fourth-order valence-corrected chi connectivity index (χ4v) is 4.79. The Kier molecular flexibility index (Phi) is 4.86. The zero-order chi connectivity index (χ0) is 20.3. The van der Waals surface area contributed by atoms with Crippen molar-refractivity contribution in [1.29, 1.82) is 0 Å². The Morgan fingerprint density at radius 2 is 1.64 bits per heavy atom. The van der Waals surface area contributed by atoms with Gasteiger partial charge in [-0.05, 0) is 46.8 Å². The van der Waals surface area contributed by atoms with Crippen LogP contribution in [-0.2, 0) is 38.0 Å². The van der Waals surface area contributed by atoms with Gasteiger partial charge in [0.05, 0.1) is 11.5 Å². The van der Waals surface area contributed by atoms with Crippen LogP contribution in [0.2, 0.25) is 0 Å². The summed E-state index contributed by atoms with van der Waals surface area (Å²) in [5.74, 6) is -1.69. The van der Waals surface area contributed by atoms with E-state index in [0.717, 1.165) is 5.56 Å². The molecular weight excluding hydrogens is 388 g/mol. The number of ether oxygens (including phenoxy) is 5. The topological polar surface area (TPSA) is 89.5 Å². The van der Waals surface area contributed by atoms with Crippen LogP contribution in [0.4, 0.5) is 0 Å². The molecule has 0 aliphatic carbocycles. The van der Waals surface area contributed by atoms with Crippen molar-refractivity contribution in [3.63, 3.8) is 0 Å². The van der Waals surface area contributed by atoms with E-state index in [2.05, 4.69) is 0 Å². The van der Waals surface area contributed by atoms with E-state index in [9.17, 15) is 8.42 Å². The molecule has 4 rings (SSSR count). The molecule has 3 fully saturated rings. The third kappa shape index (κ3) is 3.85. The van der Waals surface area contributed by atoms with Crippen LogP contribution in [0.3, 0.4) is 0 Å². The fourth-order valence-electron chi connectivity index (χ4n) is 3.70. The molecule has 1 aromatic carbocycles. The highest BCUT2D eigenvalue weighted by Gasteiger charge is 2.60. The minimum absolute atomic E-state index is 0.0717. The smallest absolute Gasteiger partial charge is 0.297 e. The quantitative estimate of drug-likeness (QED) is 0.692. The summed E-state index contributed by atoms with van der Waals surface area (Å²) in [5, 5.41) is 0. The van der Waals surface area contributed by atoms with Crippen molar-refractivity contribution < 1.29 is 36.3 Å². The number of hydrogen-bond acceptors (Lipinski definition) is 8. The highest BCUT2D eigenvalue weighted by molar-refractivity contribution is 7.86. The molecule has 3 aliphatic heterocycles. The van der Waals surface area contributed by atoms with Gasteiger partial charge in [-0.2, -0.15) is 8.42 Å². The lowest BCUT2D eigenvalue weighted by Crippen LogP contribution is -2.45. The first-order valence-corrected chi connectivity index (χ1v) is 10.7. The van der Waals surface area contributed by atoms with Crippen molar-refractivity contribution in [2.75, 3.05) is 6.61 Å². The van der Waals surface area contributed by atoms with E-state index in [1.165, 1.54) is 12.1 Å². The van der Waals surface area contributed by atoms with Gasteiger partial charge < -0.3 is 23.7 Å². The Labute approximate surface area is 165 Å². The largest absolute Gasteiger partial charge is 0.348 e. The van der Waals surface area contributed by atoms with Crippen LogP contribution in [-0.4, -0.2) is 57.3 Å². The first-order chi connectivity index (χ1) is 13.0. The maximum Gasteiger partial charge on any atom is 0.297 e. The van der Waals surface area contributed by atoms with Crippen molar-refractivity contribution in [3.05, 3.63) is 29.8 Å². The molecule has 0 spiro atoms. The van der Waals surface area contributed by atoms with Crippen LogP contribution in [0.25, 0.3) is 0 Å². The number of aryl methyl sites for hydroxylation is 1. The molecule has 28 heavy (non-hydrogen) atoms. The van der Waals surface area contributed by atoms with E-state index in [-0.39, 0.29) is 11.5 Å². The maximum atomic E-state index is 12.9. The second-order valence-corrected chi connectivity index (χ2v) is 9.84. The van der Waals surface area contributed by atoms with E-state index in [0.29, 0.717) is 0 Å². The van der Waals surface area contributed by atoms with Crippen LogP contribution in [0, 0.1) is 6.92 Å². The van der Waals surface area contributed by atoms with Gasteiger partial charge >= 0.3 is 0 Å². The highest BCUT2D eigenvalue weighted by Crippen LogP contribution is 2.42. The predicted octanol–water partition coefficient (Wildman–Crippen LogP) is 2.10. The molecule has 3 aliphatic rings. The molecule has 0 N–H and O–H groups in total. The second-order valence-electron chi connectivity index (χ2n) is 8.26. The monoisotopic (exact) mass is 414 g/mol. The molecule has 5 atom stereocenters. The second kappa shape index (κ2) is 6.73. The minimum atomic E-state index is -4.04. The van der Waals surface area contributed by atoms with Gasteiger partial charge in [0.15, 0.2) is 17.9 Å². The zero-order valence-electron chi connectivity index (χ0n) is 16.6. The summed E-state index contributed by atoms with van der Waals surface area (Å²) in [4.78, 5) is 0.0717. The Balaban J connectivity index is 1.61. The van der Waals surface area contributed by atoms with E-state index < -0.39 is 52.4 Å². The van der Waals surface area contributed by atoms with Gasteiger partial charge in [-0.15, -0.1) is 0 Å². The Hall–Kier alpha value is -1.07. The lowest BCUT2D eigenvalue weighted by Gasteiger charge is -2.28. The summed E-state index contributed by atoms with van der Waals surface area (Å²) in [7, 11) is -4.04. The molecule has 0 saturated carbocycles. The number of hydrogen-bond donors (Lipinski definition) is 0. The molecule has 9 heteroatoms. The minimum Gasteiger partial charge on any atom is -0.348 e. The van der Waals surface area contributed by atoms with Gasteiger partial charge in [-0.25, -0.2) is 0 Å². The van der Waals surface area contributed by atoms with Crippen LogP contribution >= 0.6 is 0 Å². The normalized spacial score (nSPS) is 36.5. The molecule has 1 unspecified atom stereocenters. The van der Waals surface area contributed by atoms with Crippen molar-refractivity contribution >= 4 is 10.1 Å². The van der Waals surface area contributed by atoms with Crippen LogP contribution in [0.15, 0.2) is 29.2 Å². The highest BCUT2D eigenvalue weighted by atomic mass is 32.2. The molecule has 3 saturated heterocycles. The number of benzene rings is 1. The number of rotatable bonds is 4. The standard InChI is InChI=1S/C19H26O8S/c1-11-6-8-12(9-7-11)28(20,21)27-15-14(13-10-22-18(2,3)24-13)23-17-16(15)25-19(4,5)26-17/h6-9,13-17H,10H2,1-5H3/t13?,14-,15-,16+,17+/m0/s1. The van der Waals surface area contributed by atoms with Crippen LogP contribution in [0.5, 0.6) is 0 Å². The van der Waals surface area contributed by atoms with Crippen LogP contribution < -0.4 is 0 Å². The Bertz CT molecular complexity index is 832. The van der Waals surface area contributed by atoms with Crippen molar-refractivity contribution in [2.24, 2.45) is 0 Å². The summed E-state index contributed by atoms with van der Waals surface area (Å²) in [6.45, 7) is 9.20. The van der Waals surface area contributed by atoms with Crippen molar-refractivity contribution in [1.82, 2.24) is 0 Å². The predicted molar refractivity (Wildman–Crippen MR) is 96.8 cm³/mol. The maximum absolute atomic E-state index is 12.9. The Morgan fingerprint density at radius 1 is 0.964 bits per heavy atom. The molecule has 0 bridgehead atoms. The lowest BCUT2D eigenvalue weighted by molar-refractivity contribution is -0.230. The number of fused-ring (bicyclic) bond motifs is 1. The molecule has 0 amide bonds. The molecule has 156 valence electrons. The zero-order valence-corrected chi connectivity index (χ0v) is 17.4. The van der Waals surface area contributed by atoms with Gasteiger partial charge in [0.2, 0.25) is 0 Å². The van der Waals surface area contributed by atoms with Gasteiger partial charge in [-0.3, -0.25) is 4.18 Å². The average molecular weight is 414 g/mol. The first kappa shape index (κ1) is 20.2. The molecule has 8 nitrogen and oxygen atoms in total. The van der Waals surface area contributed by atoms with E-state index >= 15 is 0 Å². The third-order valence-electron chi connectivity index (χ3n) is 4.97.